The summed E-state index contributed by atoms with van der Waals surface area (Å²) in [7, 11) is -2.80. The van der Waals surface area contributed by atoms with Crippen molar-refractivity contribution in [2.75, 3.05) is 12.4 Å². The molecule has 0 spiro atoms. The van der Waals surface area contributed by atoms with Crippen LogP contribution in [0.1, 0.15) is 64.2 Å². The summed E-state index contributed by atoms with van der Waals surface area (Å²) in [5.41, 5.74) is 1.43. The van der Waals surface area contributed by atoms with Crippen molar-refractivity contribution in [2.24, 2.45) is 0 Å². The van der Waals surface area contributed by atoms with Crippen LogP contribution in [-0.4, -0.2) is 26.0 Å². The van der Waals surface area contributed by atoms with Gasteiger partial charge in [0.15, 0.2) is 9.84 Å². The molecule has 0 aromatic heterocycles. The zero-order valence-electron chi connectivity index (χ0n) is 11.8. The molecular weight excluding hydrogens is 260 g/mol. The summed E-state index contributed by atoms with van der Waals surface area (Å²) in [6.45, 7) is 0.662. The van der Waals surface area contributed by atoms with Gasteiger partial charge in [-0.05, 0) is 56.9 Å². The maximum atomic E-state index is 11.8. The molecule has 1 atom stereocenters. The Balaban J connectivity index is 1.63. The van der Waals surface area contributed by atoms with E-state index in [1.54, 1.807) is 0 Å². The van der Waals surface area contributed by atoms with Crippen LogP contribution < -0.4 is 0 Å². The number of allylic oxidation sites excluding steroid dienone is 1. The molecule has 1 saturated heterocycles. The zero-order chi connectivity index (χ0) is 13.6. The highest BCUT2D eigenvalue weighted by atomic mass is 32.2. The number of sulfone groups is 1. The average molecular weight is 286 g/mol. The molecule has 1 unspecified atom stereocenters. The van der Waals surface area contributed by atoms with Crippen molar-refractivity contribution < 1.29 is 13.2 Å². The SMILES string of the molecule is O=S1(=O)CCCCC1CCCOC=C1CCCCC1. The number of hydrogen-bond donors (Lipinski definition) is 0. The lowest BCUT2D eigenvalue weighted by Crippen LogP contribution is -2.28. The Kier molecular flexibility index (Phi) is 5.74. The van der Waals surface area contributed by atoms with Gasteiger partial charge in [0, 0.05) is 0 Å². The summed E-state index contributed by atoms with van der Waals surface area (Å²) in [5, 5.41) is -0.104. The van der Waals surface area contributed by atoms with Gasteiger partial charge in [-0.3, -0.25) is 0 Å². The smallest absolute Gasteiger partial charge is 0.153 e. The van der Waals surface area contributed by atoms with Gasteiger partial charge in [-0.1, -0.05) is 12.8 Å². The topological polar surface area (TPSA) is 43.4 Å². The van der Waals surface area contributed by atoms with Crippen LogP contribution in [0.25, 0.3) is 0 Å². The summed E-state index contributed by atoms with van der Waals surface area (Å²) in [4.78, 5) is 0. The Morgan fingerprint density at radius 2 is 1.89 bits per heavy atom. The van der Waals surface area contributed by atoms with E-state index in [4.69, 9.17) is 4.74 Å². The van der Waals surface area contributed by atoms with Crippen LogP contribution in [0, 0.1) is 0 Å². The Bertz CT molecular complexity index is 390. The molecule has 1 aliphatic carbocycles. The molecule has 1 aliphatic heterocycles. The molecule has 1 heterocycles. The highest BCUT2D eigenvalue weighted by Crippen LogP contribution is 2.24. The van der Waals surface area contributed by atoms with Gasteiger partial charge in [-0.15, -0.1) is 0 Å². The lowest BCUT2D eigenvalue weighted by Gasteiger charge is -2.21. The van der Waals surface area contributed by atoms with Crippen molar-refractivity contribution in [1.29, 1.82) is 0 Å². The van der Waals surface area contributed by atoms with Gasteiger partial charge in [-0.25, -0.2) is 8.42 Å². The molecule has 2 fully saturated rings. The van der Waals surface area contributed by atoms with Crippen LogP contribution in [0.15, 0.2) is 11.8 Å². The number of ether oxygens (including phenoxy) is 1. The third-order valence-electron chi connectivity index (χ3n) is 4.25. The predicted molar refractivity (Wildman–Crippen MR) is 77.8 cm³/mol. The Morgan fingerprint density at radius 1 is 1.11 bits per heavy atom. The average Bonchev–Trinajstić information content (AvgIpc) is 2.41. The van der Waals surface area contributed by atoms with Crippen LogP contribution in [0.3, 0.4) is 0 Å². The fourth-order valence-corrected chi connectivity index (χ4v) is 5.03. The largest absolute Gasteiger partial charge is 0.501 e. The lowest BCUT2D eigenvalue weighted by atomic mass is 9.96. The van der Waals surface area contributed by atoms with Crippen molar-refractivity contribution in [3.05, 3.63) is 11.8 Å². The standard InChI is InChI=1S/C15H26O3S/c16-19(17)12-5-4-9-15(19)10-6-11-18-13-14-7-2-1-3-8-14/h13,15H,1-12H2. The van der Waals surface area contributed by atoms with Gasteiger partial charge in [0.2, 0.25) is 0 Å². The maximum absolute atomic E-state index is 11.8. The third-order valence-corrected chi connectivity index (χ3v) is 6.59. The first-order valence-electron chi connectivity index (χ1n) is 7.69. The molecule has 0 amide bonds. The first kappa shape index (κ1) is 14.9. The summed E-state index contributed by atoms with van der Waals surface area (Å²) in [5.74, 6) is 0.391. The van der Waals surface area contributed by atoms with Gasteiger partial charge in [-0.2, -0.15) is 0 Å². The number of rotatable bonds is 5. The van der Waals surface area contributed by atoms with Crippen LogP contribution >= 0.6 is 0 Å². The van der Waals surface area contributed by atoms with Gasteiger partial charge < -0.3 is 4.74 Å². The van der Waals surface area contributed by atoms with E-state index < -0.39 is 9.84 Å². The molecule has 0 bridgehead atoms. The second-order valence-corrected chi connectivity index (χ2v) is 8.24. The van der Waals surface area contributed by atoms with E-state index >= 15 is 0 Å². The van der Waals surface area contributed by atoms with E-state index in [9.17, 15) is 8.42 Å². The van der Waals surface area contributed by atoms with Crippen molar-refractivity contribution in [3.63, 3.8) is 0 Å². The zero-order valence-corrected chi connectivity index (χ0v) is 12.6. The quantitative estimate of drug-likeness (QED) is 0.573. The third kappa shape index (κ3) is 4.83. The summed E-state index contributed by atoms with van der Waals surface area (Å²) >= 11 is 0. The molecular formula is C15H26O3S. The Morgan fingerprint density at radius 3 is 2.63 bits per heavy atom. The van der Waals surface area contributed by atoms with Crippen molar-refractivity contribution >= 4 is 9.84 Å². The molecule has 0 N–H and O–H groups in total. The molecule has 1 saturated carbocycles. The van der Waals surface area contributed by atoms with Gasteiger partial charge in [0.05, 0.1) is 23.9 Å². The normalized spacial score (nSPS) is 26.9. The summed E-state index contributed by atoms with van der Waals surface area (Å²) < 4.78 is 29.3. The predicted octanol–water partition coefficient (Wildman–Crippen LogP) is 3.60. The van der Waals surface area contributed by atoms with Crippen molar-refractivity contribution in [3.8, 4) is 0 Å². The Hall–Kier alpha value is -0.510. The van der Waals surface area contributed by atoms with Crippen molar-refractivity contribution in [1.82, 2.24) is 0 Å². The minimum absolute atomic E-state index is 0.104. The summed E-state index contributed by atoms with van der Waals surface area (Å²) in [6.07, 6.45) is 12.6. The fraction of sp³-hybridized carbons (Fsp3) is 0.867. The summed E-state index contributed by atoms with van der Waals surface area (Å²) in [6, 6.07) is 0. The maximum Gasteiger partial charge on any atom is 0.153 e. The first-order valence-corrected chi connectivity index (χ1v) is 9.41. The highest BCUT2D eigenvalue weighted by molar-refractivity contribution is 7.92. The molecule has 0 radical (unpaired) electrons. The first-order chi connectivity index (χ1) is 9.18. The molecule has 4 heteroatoms. The molecule has 0 aromatic carbocycles. The second kappa shape index (κ2) is 7.32. The van der Waals surface area contributed by atoms with Gasteiger partial charge >= 0.3 is 0 Å². The second-order valence-electron chi connectivity index (χ2n) is 5.83. The molecule has 19 heavy (non-hydrogen) atoms. The molecule has 110 valence electrons. The highest BCUT2D eigenvalue weighted by Gasteiger charge is 2.27. The van der Waals surface area contributed by atoms with Crippen LogP contribution in [0.4, 0.5) is 0 Å². The van der Waals surface area contributed by atoms with Crippen molar-refractivity contribution in [2.45, 2.75) is 69.5 Å². The minimum atomic E-state index is -2.80. The van der Waals surface area contributed by atoms with E-state index in [2.05, 4.69) is 0 Å². The molecule has 0 aromatic rings. The Labute approximate surface area is 117 Å². The van der Waals surface area contributed by atoms with Crippen LogP contribution in [0.5, 0.6) is 0 Å². The molecule has 2 aliphatic rings. The van der Waals surface area contributed by atoms with E-state index in [-0.39, 0.29) is 5.25 Å². The van der Waals surface area contributed by atoms with Crippen LogP contribution in [0.2, 0.25) is 0 Å². The molecule has 2 rings (SSSR count). The molecule has 3 nitrogen and oxygen atoms in total. The monoisotopic (exact) mass is 286 g/mol. The van der Waals surface area contributed by atoms with Gasteiger partial charge in [0.25, 0.3) is 0 Å². The number of hydrogen-bond acceptors (Lipinski definition) is 3. The van der Waals surface area contributed by atoms with E-state index in [0.29, 0.717) is 12.4 Å². The van der Waals surface area contributed by atoms with E-state index in [1.807, 2.05) is 6.26 Å². The van der Waals surface area contributed by atoms with E-state index in [0.717, 1.165) is 32.1 Å². The van der Waals surface area contributed by atoms with Gasteiger partial charge in [0.1, 0.15) is 0 Å². The minimum Gasteiger partial charge on any atom is -0.501 e. The van der Waals surface area contributed by atoms with Crippen LogP contribution in [-0.2, 0) is 14.6 Å². The fourth-order valence-electron chi connectivity index (χ4n) is 3.04. The lowest BCUT2D eigenvalue weighted by molar-refractivity contribution is 0.235. The van der Waals surface area contributed by atoms with E-state index in [1.165, 1.54) is 37.7 Å².